The van der Waals surface area contributed by atoms with Crippen molar-refractivity contribution in [1.82, 2.24) is 4.98 Å². The number of aromatic nitrogens is 1. The van der Waals surface area contributed by atoms with E-state index in [1.165, 1.54) is 36.2 Å². The molecule has 136 valence electrons. The van der Waals surface area contributed by atoms with Gasteiger partial charge in [-0.2, -0.15) is 0 Å². The standard InChI is InChI=1S/C21H24N2O3/c24-21(25)19-8-9-22-12-20(19)23-11-16-3-1-2-15-10-17(6-7-18(15)16)26-13-14-4-5-14/h6-10,12,14,16,23H,1-5,11,13H2,(H,24,25). The number of aryl methyl sites for hydroxylation is 1. The van der Waals surface area contributed by atoms with Crippen LogP contribution in [0.1, 0.15) is 53.1 Å². The summed E-state index contributed by atoms with van der Waals surface area (Å²) in [7, 11) is 0. The molecule has 2 N–H and O–H groups in total. The van der Waals surface area contributed by atoms with Gasteiger partial charge in [-0.3, -0.25) is 4.98 Å². The van der Waals surface area contributed by atoms with Gasteiger partial charge in [-0.05, 0) is 67.3 Å². The molecule has 5 heteroatoms. The molecule has 2 aliphatic rings. The summed E-state index contributed by atoms with van der Waals surface area (Å²) >= 11 is 0. The maximum absolute atomic E-state index is 11.3. The van der Waals surface area contributed by atoms with E-state index < -0.39 is 5.97 Å². The fourth-order valence-electron chi connectivity index (χ4n) is 3.65. The van der Waals surface area contributed by atoms with Gasteiger partial charge in [0.1, 0.15) is 5.75 Å². The number of anilines is 1. The Kier molecular flexibility index (Phi) is 4.78. The molecule has 26 heavy (non-hydrogen) atoms. The molecule has 1 atom stereocenters. The number of fused-ring (bicyclic) bond motifs is 1. The summed E-state index contributed by atoms with van der Waals surface area (Å²) in [4.78, 5) is 15.4. The van der Waals surface area contributed by atoms with Crippen LogP contribution in [0.25, 0.3) is 0 Å². The van der Waals surface area contributed by atoms with Gasteiger partial charge in [-0.25, -0.2) is 4.79 Å². The summed E-state index contributed by atoms with van der Waals surface area (Å²) in [5, 5.41) is 12.6. The number of carbonyl (C=O) groups is 1. The molecular weight excluding hydrogens is 328 g/mol. The van der Waals surface area contributed by atoms with Crippen molar-refractivity contribution in [2.45, 2.75) is 38.0 Å². The normalized spacial score (nSPS) is 18.8. The number of carboxylic acids is 1. The lowest BCUT2D eigenvalue weighted by Crippen LogP contribution is -2.19. The number of pyridine rings is 1. The average Bonchev–Trinajstić information content (AvgIpc) is 3.49. The van der Waals surface area contributed by atoms with Crippen LogP contribution in [0.2, 0.25) is 0 Å². The number of nitrogens with zero attached hydrogens (tertiary/aromatic N) is 1. The molecule has 1 saturated carbocycles. The third-order valence-electron chi connectivity index (χ3n) is 5.33. The maximum Gasteiger partial charge on any atom is 0.337 e. The lowest BCUT2D eigenvalue weighted by Gasteiger charge is -2.27. The largest absolute Gasteiger partial charge is 0.493 e. The van der Waals surface area contributed by atoms with E-state index in [4.69, 9.17) is 4.74 Å². The van der Waals surface area contributed by atoms with Crippen LogP contribution in [0, 0.1) is 5.92 Å². The van der Waals surface area contributed by atoms with Crippen molar-refractivity contribution in [3.63, 3.8) is 0 Å². The van der Waals surface area contributed by atoms with Gasteiger partial charge in [-0.1, -0.05) is 6.07 Å². The molecule has 4 rings (SSSR count). The summed E-state index contributed by atoms with van der Waals surface area (Å²) in [5.41, 5.74) is 3.56. The van der Waals surface area contributed by atoms with Crippen molar-refractivity contribution >= 4 is 11.7 Å². The number of nitrogens with one attached hydrogen (secondary N) is 1. The zero-order valence-electron chi connectivity index (χ0n) is 14.8. The minimum absolute atomic E-state index is 0.264. The lowest BCUT2D eigenvalue weighted by atomic mass is 9.82. The number of ether oxygens (including phenoxy) is 1. The highest BCUT2D eigenvalue weighted by Gasteiger charge is 2.24. The van der Waals surface area contributed by atoms with Gasteiger partial charge in [0.05, 0.1) is 24.1 Å². The van der Waals surface area contributed by atoms with Crippen molar-refractivity contribution in [2.24, 2.45) is 5.92 Å². The summed E-state index contributed by atoms with van der Waals surface area (Å²) in [6, 6.07) is 7.98. The first-order valence-corrected chi connectivity index (χ1v) is 9.37. The number of carboxylic acid groups (broad SMARTS) is 1. The van der Waals surface area contributed by atoms with Crippen LogP contribution in [0.3, 0.4) is 0 Å². The molecular formula is C21H24N2O3. The number of aromatic carboxylic acids is 1. The number of benzene rings is 1. The van der Waals surface area contributed by atoms with Crippen LogP contribution in [0.4, 0.5) is 5.69 Å². The minimum Gasteiger partial charge on any atom is -0.493 e. The zero-order chi connectivity index (χ0) is 17.9. The van der Waals surface area contributed by atoms with Crippen LogP contribution in [0.15, 0.2) is 36.7 Å². The highest BCUT2D eigenvalue weighted by atomic mass is 16.5. The molecule has 1 aromatic heterocycles. The average molecular weight is 352 g/mol. The van der Waals surface area contributed by atoms with Crippen molar-refractivity contribution in [1.29, 1.82) is 0 Å². The molecule has 0 bridgehead atoms. The molecule has 0 spiro atoms. The van der Waals surface area contributed by atoms with E-state index in [0.29, 0.717) is 18.2 Å². The van der Waals surface area contributed by atoms with E-state index in [2.05, 4.69) is 28.5 Å². The predicted octanol–water partition coefficient (Wildman–Crippen LogP) is 4.10. The molecule has 2 aromatic rings. The third-order valence-corrected chi connectivity index (χ3v) is 5.33. The van der Waals surface area contributed by atoms with Crippen LogP contribution in [-0.4, -0.2) is 29.2 Å². The first-order valence-electron chi connectivity index (χ1n) is 9.37. The van der Waals surface area contributed by atoms with Crippen LogP contribution in [0.5, 0.6) is 5.75 Å². The van der Waals surface area contributed by atoms with Gasteiger partial charge < -0.3 is 15.2 Å². The molecule has 1 fully saturated rings. The Bertz CT molecular complexity index is 802. The van der Waals surface area contributed by atoms with Gasteiger partial charge in [0, 0.05) is 18.7 Å². The van der Waals surface area contributed by atoms with E-state index in [0.717, 1.165) is 37.5 Å². The van der Waals surface area contributed by atoms with Gasteiger partial charge in [-0.15, -0.1) is 0 Å². The Morgan fingerprint density at radius 2 is 2.15 bits per heavy atom. The Morgan fingerprint density at radius 3 is 2.96 bits per heavy atom. The Labute approximate surface area is 153 Å². The monoisotopic (exact) mass is 352 g/mol. The molecule has 0 saturated heterocycles. The maximum atomic E-state index is 11.3. The number of hydrogen-bond acceptors (Lipinski definition) is 4. The molecule has 5 nitrogen and oxygen atoms in total. The van der Waals surface area contributed by atoms with E-state index in [9.17, 15) is 9.90 Å². The van der Waals surface area contributed by atoms with Gasteiger partial charge in [0.25, 0.3) is 0 Å². The topological polar surface area (TPSA) is 71.5 Å². The molecule has 1 aromatic carbocycles. The first-order chi connectivity index (χ1) is 12.7. The van der Waals surface area contributed by atoms with E-state index >= 15 is 0 Å². The van der Waals surface area contributed by atoms with Crippen LogP contribution in [-0.2, 0) is 6.42 Å². The zero-order valence-corrected chi connectivity index (χ0v) is 14.8. The quantitative estimate of drug-likeness (QED) is 0.785. The van der Waals surface area contributed by atoms with Gasteiger partial charge in [0.2, 0.25) is 0 Å². The van der Waals surface area contributed by atoms with E-state index in [1.54, 1.807) is 6.20 Å². The fourth-order valence-corrected chi connectivity index (χ4v) is 3.65. The Hall–Kier alpha value is -2.56. The minimum atomic E-state index is -0.934. The Morgan fingerprint density at radius 1 is 1.27 bits per heavy atom. The highest BCUT2D eigenvalue weighted by molar-refractivity contribution is 5.93. The fraction of sp³-hybridized carbons (Fsp3) is 0.429. The molecule has 0 radical (unpaired) electrons. The number of rotatable bonds is 7. The second-order valence-corrected chi connectivity index (χ2v) is 7.31. The van der Waals surface area contributed by atoms with Crippen molar-refractivity contribution in [3.05, 3.63) is 53.3 Å². The van der Waals surface area contributed by atoms with Crippen molar-refractivity contribution in [3.8, 4) is 5.75 Å². The molecule has 0 aliphatic heterocycles. The smallest absolute Gasteiger partial charge is 0.337 e. The highest BCUT2D eigenvalue weighted by Crippen LogP contribution is 2.35. The molecule has 0 amide bonds. The summed E-state index contributed by atoms with van der Waals surface area (Å²) in [5.74, 6) is 1.17. The Balaban J connectivity index is 1.45. The van der Waals surface area contributed by atoms with Gasteiger partial charge in [0.15, 0.2) is 0 Å². The summed E-state index contributed by atoms with van der Waals surface area (Å²) in [6.07, 6.45) is 9.02. The second kappa shape index (κ2) is 7.36. The molecule has 1 unspecified atom stereocenters. The van der Waals surface area contributed by atoms with E-state index in [-0.39, 0.29) is 5.56 Å². The van der Waals surface area contributed by atoms with Crippen molar-refractivity contribution in [2.75, 3.05) is 18.5 Å². The summed E-state index contributed by atoms with van der Waals surface area (Å²) in [6.45, 7) is 1.55. The second-order valence-electron chi connectivity index (χ2n) is 7.31. The third kappa shape index (κ3) is 3.82. The van der Waals surface area contributed by atoms with E-state index in [1.807, 2.05) is 0 Å². The van der Waals surface area contributed by atoms with Gasteiger partial charge >= 0.3 is 5.97 Å². The van der Waals surface area contributed by atoms with Crippen molar-refractivity contribution < 1.29 is 14.6 Å². The summed E-state index contributed by atoms with van der Waals surface area (Å²) < 4.78 is 5.91. The van der Waals surface area contributed by atoms with Crippen LogP contribution >= 0.6 is 0 Å². The van der Waals surface area contributed by atoms with Crippen LogP contribution < -0.4 is 10.1 Å². The number of hydrogen-bond donors (Lipinski definition) is 2. The lowest BCUT2D eigenvalue weighted by molar-refractivity contribution is 0.0698. The predicted molar refractivity (Wildman–Crippen MR) is 100 cm³/mol. The first kappa shape index (κ1) is 16.9. The SMILES string of the molecule is O=C(O)c1ccncc1NCC1CCCc2cc(OCC3CC3)ccc21. The molecule has 1 heterocycles. The molecule has 2 aliphatic carbocycles.